The van der Waals surface area contributed by atoms with E-state index < -0.39 is 0 Å². The Morgan fingerprint density at radius 3 is 1.08 bits per heavy atom. The second-order valence-corrected chi connectivity index (χ2v) is 17.5. The Labute approximate surface area is 403 Å². The van der Waals surface area contributed by atoms with E-state index in [1.54, 1.807) is 0 Å². The van der Waals surface area contributed by atoms with E-state index in [0.29, 0.717) is 0 Å². The van der Waals surface area contributed by atoms with E-state index in [1.165, 1.54) is 97.7 Å². The van der Waals surface area contributed by atoms with Crippen molar-refractivity contribution in [1.82, 2.24) is 0 Å². The Kier molecular flexibility index (Phi) is 20.7. The van der Waals surface area contributed by atoms with Crippen molar-refractivity contribution in [3.8, 4) is 0 Å². The zero-order chi connectivity index (χ0) is 39.0. The Hall–Kier alpha value is -3.37. The van der Waals surface area contributed by atoms with E-state index in [2.05, 4.69) is 224 Å². The number of halogens is 2. The third-order valence-corrected chi connectivity index (χ3v) is 13.4. The van der Waals surface area contributed by atoms with Crippen LogP contribution >= 0.6 is 17.2 Å². The normalized spacial score (nSPS) is 10.5. The van der Waals surface area contributed by atoms with Crippen LogP contribution in [0.3, 0.4) is 0 Å². The van der Waals surface area contributed by atoms with Crippen LogP contribution in [0.1, 0.15) is 33.4 Å². The molecule has 2 unspecified atom stereocenters. The number of aryl methyl sites for hydroxylation is 6. The quantitative estimate of drug-likeness (QED) is 0.0986. The van der Waals surface area contributed by atoms with Crippen molar-refractivity contribution in [1.29, 1.82) is 0 Å². The maximum Gasteiger partial charge on any atom is 2.00 e. The molecule has 0 nitrogen and oxygen atoms in total. The number of hydrogen-bond acceptors (Lipinski definition) is 0. The Morgan fingerprint density at radius 2 is 0.717 bits per heavy atom. The number of hydrogen-bond donors (Lipinski definition) is 0. The van der Waals surface area contributed by atoms with Crippen molar-refractivity contribution in [2.75, 3.05) is 0 Å². The fourth-order valence-corrected chi connectivity index (χ4v) is 9.71. The predicted molar refractivity (Wildman–Crippen MR) is 255 cm³/mol. The summed E-state index contributed by atoms with van der Waals surface area (Å²) in [4.78, 5) is 0. The molecule has 0 radical (unpaired) electrons. The van der Waals surface area contributed by atoms with Gasteiger partial charge in [-0.2, -0.15) is 36.4 Å². The Morgan fingerprint density at radius 1 is 0.367 bits per heavy atom. The van der Waals surface area contributed by atoms with Crippen LogP contribution in [0, 0.1) is 41.5 Å². The van der Waals surface area contributed by atoms with Crippen LogP contribution in [0.25, 0.3) is 43.1 Å². The van der Waals surface area contributed by atoms with Gasteiger partial charge in [0.2, 0.25) is 0 Å². The molecule has 0 aliphatic carbocycles. The second-order valence-electron chi connectivity index (χ2n) is 14.7. The van der Waals surface area contributed by atoms with Crippen LogP contribution in [-0.4, -0.2) is 0 Å². The summed E-state index contributed by atoms with van der Waals surface area (Å²) in [6.45, 7) is 13.0. The first-order chi connectivity index (χ1) is 27.2. The molecule has 0 bridgehead atoms. The van der Waals surface area contributed by atoms with Gasteiger partial charge in [0.25, 0.3) is 0 Å². The monoisotopic (exact) mass is 926 g/mol. The molecule has 6 heteroatoms. The van der Waals surface area contributed by atoms with Crippen LogP contribution in [-0.2, 0) is 43.4 Å². The third-order valence-electron chi connectivity index (χ3n) is 10.6. The van der Waals surface area contributed by atoms with Gasteiger partial charge in [-0.25, -0.2) is 0 Å². The second kappa shape index (κ2) is 24.3. The van der Waals surface area contributed by atoms with Gasteiger partial charge in [-0.05, 0) is 49.4 Å². The van der Waals surface area contributed by atoms with Gasteiger partial charge in [0.1, 0.15) is 0 Å². The minimum absolute atomic E-state index is 0. The fraction of sp³-hybridized carbons (Fsp3) is 0.111. The van der Waals surface area contributed by atoms with Gasteiger partial charge in [0, 0.05) is 0 Å². The molecule has 10 aromatic rings. The minimum Gasteiger partial charge on any atom is -1.00 e. The number of fused-ring (bicyclic) bond motifs is 4. The molecule has 0 saturated carbocycles. The van der Waals surface area contributed by atoms with Crippen molar-refractivity contribution in [3.63, 3.8) is 0 Å². The molecule has 300 valence electrons. The topological polar surface area (TPSA) is 0 Å². The van der Waals surface area contributed by atoms with E-state index in [4.69, 9.17) is 0 Å². The average Bonchev–Trinajstić information content (AvgIpc) is 4.04. The molecule has 0 saturated heterocycles. The van der Waals surface area contributed by atoms with E-state index in [1.807, 2.05) is 0 Å². The first kappa shape index (κ1) is 51.0. The maximum absolute atomic E-state index is 2.31. The molecule has 0 aliphatic rings. The summed E-state index contributed by atoms with van der Waals surface area (Å²) in [6, 6.07) is 65.3. The fourth-order valence-electron chi connectivity index (χ4n) is 7.26. The van der Waals surface area contributed by atoms with Crippen LogP contribution in [0.2, 0.25) is 0 Å². The molecule has 0 fully saturated rings. The zero-order valence-corrected chi connectivity index (χ0v) is 41.7. The molecule has 0 heterocycles. The van der Waals surface area contributed by atoms with Crippen LogP contribution in [0.15, 0.2) is 182 Å². The molecule has 0 spiro atoms. The van der Waals surface area contributed by atoms with Gasteiger partial charge in [0.05, 0.1) is 0 Å². The van der Waals surface area contributed by atoms with Gasteiger partial charge in [-0.1, -0.05) is 115 Å². The Bertz CT molecular complexity index is 2520. The predicted octanol–water partition coefficient (Wildman–Crippen LogP) is 7.35. The summed E-state index contributed by atoms with van der Waals surface area (Å²) >= 11 is 0. The smallest absolute Gasteiger partial charge is 1.00 e. The summed E-state index contributed by atoms with van der Waals surface area (Å²) in [5, 5.41) is 16.7. The number of rotatable bonds is 4. The van der Waals surface area contributed by atoms with E-state index in [9.17, 15) is 0 Å². The molecule has 10 rings (SSSR count). The first-order valence-corrected chi connectivity index (χ1v) is 21.4. The van der Waals surface area contributed by atoms with Gasteiger partial charge in [-0.3, -0.25) is 0 Å². The van der Waals surface area contributed by atoms with E-state index in [0.717, 1.165) is 17.2 Å². The molecule has 10 aromatic carbocycles. The van der Waals surface area contributed by atoms with Crippen molar-refractivity contribution in [2.24, 2.45) is 0 Å². The summed E-state index contributed by atoms with van der Waals surface area (Å²) in [6.07, 6.45) is 0. The summed E-state index contributed by atoms with van der Waals surface area (Å²) in [5.41, 5.74) is 8.25. The third kappa shape index (κ3) is 12.8. The Balaban J connectivity index is 0.000000213. The van der Waals surface area contributed by atoms with Crippen molar-refractivity contribution in [2.45, 2.75) is 41.5 Å². The largest absolute Gasteiger partial charge is 2.00 e. The zero-order valence-electron chi connectivity index (χ0n) is 35.1. The molecule has 2 atom stereocenters. The van der Waals surface area contributed by atoms with Crippen molar-refractivity contribution < 1.29 is 68.2 Å². The van der Waals surface area contributed by atoms with Crippen molar-refractivity contribution >= 4 is 81.5 Å². The molecule has 60 heavy (non-hydrogen) atoms. The molecule has 0 N–H and O–H groups in total. The number of benzene rings is 6. The van der Waals surface area contributed by atoms with Gasteiger partial charge < -0.3 is 24.8 Å². The van der Waals surface area contributed by atoms with Crippen molar-refractivity contribution in [3.05, 3.63) is 215 Å². The van der Waals surface area contributed by atoms with Crippen LogP contribution in [0.5, 0.6) is 0 Å². The molecule has 0 aliphatic heterocycles. The van der Waals surface area contributed by atoms with E-state index >= 15 is 0 Å². The summed E-state index contributed by atoms with van der Waals surface area (Å²) < 4.78 is 0. The van der Waals surface area contributed by atoms with Gasteiger partial charge >= 0.3 is 43.4 Å². The SMILES string of the molecule is Cc1ccc(C)c2[cH-]ccc12.Cc1ccc(C)c2[cH-]ccc12.Cc1ccccc1Pc1cc2ccccc2[cH-]1.Cc1ccccc1Pc1cc2ccccc2[cH-]1.[Cl-].[Cl-].[Ti+2].[Ti+2]. The molecule has 0 amide bonds. The van der Waals surface area contributed by atoms with E-state index in [-0.39, 0.29) is 68.2 Å². The standard InChI is InChI=1S/2C16H14P.2C11H11.2ClH.2Ti/c2*1-12-6-2-5-9-16(12)17-15-10-13-7-3-4-8-14(13)11-15;2*1-8-6-7-9(2)11-5-3-4-10(8)11;;;;/h2*2-11,17H,1H3;2*3-7H,1-2H3;2*1H;;/q4*-1;;;2*+2/p-2. The molecular formula is C54H50Cl2P2Ti2-2. The van der Waals surface area contributed by atoms with Gasteiger partial charge in [-0.15, -0.1) is 138 Å². The molecular weight excluding hydrogens is 877 g/mol. The van der Waals surface area contributed by atoms with Crippen LogP contribution in [0.4, 0.5) is 0 Å². The maximum atomic E-state index is 2.31. The molecule has 0 aromatic heterocycles. The average molecular weight is 928 g/mol. The first-order valence-electron chi connectivity index (χ1n) is 19.4. The minimum atomic E-state index is 0. The van der Waals surface area contributed by atoms with Crippen LogP contribution < -0.4 is 46.0 Å². The summed E-state index contributed by atoms with van der Waals surface area (Å²) in [5.74, 6) is 0. The summed E-state index contributed by atoms with van der Waals surface area (Å²) in [7, 11) is 1.52. The van der Waals surface area contributed by atoms with Gasteiger partial charge in [0.15, 0.2) is 0 Å².